The first-order chi connectivity index (χ1) is 12.5. The molecule has 0 radical (unpaired) electrons. The maximum absolute atomic E-state index is 13.1. The van der Waals surface area contributed by atoms with Crippen LogP contribution in [-0.2, 0) is 4.79 Å². The zero-order valence-electron chi connectivity index (χ0n) is 14.6. The molecule has 6 nitrogen and oxygen atoms in total. The Morgan fingerprint density at radius 3 is 2.73 bits per heavy atom. The fraction of sp³-hybridized carbons (Fsp3) is 0.222. The fourth-order valence-electron chi connectivity index (χ4n) is 2.77. The Hall–Kier alpha value is -2.58. The summed E-state index contributed by atoms with van der Waals surface area (Å²) in [5.74, 6) is 0.940. The molecule has 3 rings (SSSR count). The number of hydrogen-bond donors (Lipinski definition) is 3. The number of carbonyl (C=O) groups is 1. The number of nitrogens with one attached hydrogen (secondary N) is 3. The minimum absolute atomic E-state index is 0.241. The SMILES string of the molecule is COc1ccc(OC)c(NC(=O)C2=C(C)NC(=S)N[C@H]2c2cccs2)c1. The molecule has 0 unspecified atom stereocenters. The van der Waals surface area contributed by atoms with Crippen LogP contribution in [0.1, 0.15) is 17.8 Å². The molecule has 2 aromatic rings. The van der Waals surface area contributed by atoms with Crippen molar-refractivity contribution in [3.8, 4) is 11.5 Å². The molecule has 1 amide bonds. The Balaban J connectivity index is 1.95. The molecule has 1 aliphatic heterocycles. The normalized spacial score (nSPS) is 16.6. The molecule has 0 saturated heterocycles. The third kappa shape index (κ3) is 3.66. The average molecular weight is 390 g/mol. The summed E-state index contributed by atoms with van der Waals surface area (Å²) in [6.07, 6.45) is 0. The van der Waals surface area contributed by atoms with Gasteiger partial charge in [0.25, 0.3) is 5.91 Å². The van der Waals surface area contributed by atoms with E-state index >= 15 is 0 Å². The smallest absolute Gasteiger partial charge is 0.255 e. The van der Waals surface area contributed by atoms with E-state index in [-0.39, 0.29) is 11.9 Å². The maximum atomic E-state index is 13.1. The molecule has 2 heterocycles. The molecule has 0 aliphatic carbocycles. The Labute approximate surface area is 161 Å². The van der Waals surface area contributed by atoms with Crippen molar-refractivity contribution in [3.05, 3.63) is 51.9 Å². The molecule has 8 heteroatoms. The van der Waals surface area contributed by atoms with Gasteiger partial charge in [0, 0.05) is 16.6 Å². The van der Waals surface area contributed by atoms with Gasteiger partial charge in [-0.25, -0.2) is 0 Å². The van der Waals surface area contributed by atoms with Crippen molar-refractivity contribution in [2.45, 2.75) is 13.0 Å². The summed E-state index contributed by atoms with van der Waals surface area (Å²) in [4.78, 5) is 14.1. The first-order valence-electron chi connectivity index (χ1n) is 7.88. The van der Waals surface area contributed by atoms with Crippen LogP contribution in [0.4, 0.5) is 5.69 Å². The van der Waals surface area contributed by atoms with Crippen LogP contribution in [-0.4, -0.2) is 25.2 Å². The van der Waals surface area contributed by atoms with Crippen LogP contribution in [0.15, 0.2) is 47.0 Å². The van der Waals surface area contributed by atoms with Crippen LogP contribution < -0.4 is 25.4 Å². The second-order valence-electron chi connectivity index (χ2n) is 5.61. The van der Waals surface area contributed by atoms with Crippen molar-refractivity contribution in [3.63, 3.8) is 0 Å². The summed E-state index contributed by atoms with van der Waals surface area (Å²) in [6.45, 7) is 1.84. The van der Waals surface area contributed by atoms with E-state index in [9.17, 15) is 4.79 Å². The number of allylic oxidation sites excluding steroid dienone is 1. The molecule has 0 saturated carbocycles. The van der Waals surface area contributed by atoms with Gasteiger partial charge in [-0.05, 0) is 42.7 Å². The Morgan fingerprint density at radius 2 is 2.08 bits per heavy atom. The number of thiophene rings is 1. The molecule has 1 aromatic heterocycles. The fourth-order valence-corrected chi connectivity index (χ4v) is 3.82. The lowest BCUT2D eigenvalue weighted by Crippen LogP contribution is -2.45. The van der Waals surface area contributed by atoms with Crippen LogP contribution in [0.3, 0.4) is 0 Å². The third-order valence-electron chi connectivity index (χ3n) is 4.00. The predicted molar refractivity (Wildman–Crippen MR) is 107 cm³/mol. The van der Waals surface area contributed by atoms with Crippen LogP contribution in [0.5, 0.6) is 11.5 Å². The van der Waals surface area contributed by atoms with Crippen LogP contribution in [0.25, 0.3) is 0 Å². The van der Waals surface area contributed by atoms with Crippen molar-refractivity contribution >= 4 is 40.3 Å². The van der Waals surface area contributed by atoms with Gasteiger partial charge in [0.1, 0.15) is 11.5 Å². The summed E-state index contributed by atoms with van der Waals surface area (Å²) in [5.41, 5.74) is 1.83. The van der Waals surface area contributed by atoms with Crippen molar-refractivity contribution < 1.29 is 14.3 Å². The Kier molecular flexibility index (Phi) is 5.43. The molecule has 26 heavy (non-hydrogen) atoms. The molecule has 1 aromatic carbocycles. The molecule has 0 bridgehead atoms. The lowest BCUT2D eigenvalue weighted by molar-refractivity contribution is -0.113. The van der Waals surface area contributed by atoms with Gasteiger partial charge in [-0.3, -0.25) is 4.79 Å². The highest BCUT2D eigenvalue weighted by Gasteiger charge is 2.30. The van der Waals surface area contributed by atoms with Gasteiger partial charge in [0.2, 0.25) is 0 Å². The van der Waals surface area contributed by atoms with Crippen molar-refractivity contribution in [1.82, 2.24) is 10.6 Å². The zero-order chi connectivity index (χ0) is 18.7. The van der Waals surface area contributed by atoms with Crippen molar-refractivity contribution in [2.24, 2.45) is 0 Å². The molecule has 3 N–H and O–H groups in total. The summed E-state index contributed by atoms with van der Waals surface area (Å²) < 4.78 is 10.6. The van der Waals surface area contributed by atoms with E-state index in [1.165, 1.54) is 0 Å². The Bertz CT molecular complexity index is 863. The number of benzene rings is 1. The van der Waals surface area contributed by atoms with E-state index in [4.69, 9.17) is 21.7 Å². The highest BCUT2D eigenvalue weighted by atomic mass is 32.1. The highest BCUT2D eigenvalue weighted by Crippen LogP contribution is 2.33. The van der Waals surface area contributed by atoms with E-state index in [0.717, 1.165) is 4.88 Å². The first kappa shape index (κ1) is 18.2. The van der Waals surface area contributed by atoms with Gasteiger partial charge >= 0.3 is 0 Å². The summed E-state index contributed by atoms with van der Waals surface area (Å²) >= 11 is 6.82. The number of amides is 1. The van der Waals surface area contributed by atoms with Gasteiger partial charge in [0.05, 0.1) is 31.5 Å². The lowest BCUT2D eigenvalue weighted by Gasteiger charge is -2.29. The summed E-state index contributed by atoms with van der Waals surface area (Å²) in [7, 11) is 3.13. The lowest BCUT2D eigenvalue weighted by atomic mass is 10.0. The predicted octanol–water partition coefficient (Wildman–Crippen LogP) is 3.20. The Morgan fingerprint density at radius 1 is 1.27 bits per heavy atom. The average Bonchev–Trinajstić information content (AvgIpc) is 3.15. The zero-order valence-corrected chi connectivity index (χ0v) is 16.2. The molecular weight excluding hydrogens is 370 g/mol. The molecular formula is C18H19N3O3S2. The molecule has 0 spiro atoms. The van der Waals surface area contributed by atoms with Gasteiger partial charge in [-0.1, -0.05) is 6.07 Å². The number of ether oxygens (including phenoxy) is 2. The van der Waals surface area contributed by atoms with Crippen LogP contribution in [0.2, 0.25) is 0 Å². The minimum Gasteiger partial charge on any atom is -0.497 e. The highest BCUT2D eigenvalue weighted by molar-refractivity contribution is 7.80. The minimum atomic E-state index is -0.305. The van der Waals surface area contributed by atoms with Gasteiger partial charge in [-0.2, -0.15) is 0 Å². The third-order valence-corrected chi connectivity index (χ3v) is 5.15. The monoisotopic (exact) mass is 389 g/mol. The maximum Gasteiger partial charge on any atom is 0.255 e. The molecule has 0 fully saturated rings. The van der Waals surface area contributed by atoms with E-state index in [0.29, 0.717) is 33.6 Å². The van der Waals surface area contributed by atoms with E-state index < -0.39 is 0 Å². The van der Waals surface area contributed by atoms with Crippen LogP contribution in [0, 0.1) is 0 Å². The second-order valence-corrected chi connectivity index (χ2v) is 6.99. The quantitative estimate of drug-likeness (QED) is 0.682. The second kappa shape index (κ2) is 7.76. The number of anilines is 1. The van der Waals surface area contributed by atoms with E-state index in [1.54, 1.807) is 43.8 Å². The number of rotatable bonds is 5. The standard InChI is InChI=1S/C18H19N3O3S2/c1-10-15(16(21-18(25)19-10)14-5-4-8-26-14)17(22)20-12-9-11(23-2)6-7-13(12)24-3/h4-9,16H,1-3H3,(H,20,22)(H2,19,21,25)/t16-/m0/s1. The number of carbonyl (C=O) groups excluding carboxylic acids is 1. The first-order valence-corrected chi connectivity index (χ1v) is 9.17. The van der Waals surface area contributed by atoms with E-state index in [2.05, 4.69) is 16.0 Å². The number of thiocarbonyl (C=S) groups is 1. The van der Waals surface area contributed by atoms with Gasteiger partial charge < -0.3 is 25.4 Å². The summed E-state index contributed by atoms with van der Waals surface area (Å²) in [5, 5.41) is 11.6. The molecule has 136 valence electrons. The van der Waals surface area contributed by atoms with Gasteiger partial charge in [0.15, 0.2) is 5.11 Å². The number of hydrogen-bond acceptors (Lipinski definition) is 5. The summed E-state index contributed by atoms with van der Waals surface area (Å²) in [6, 6.07) is 8.86. The van der Waals surface area contributed by atoms with Crippen molar-refractivity contribution in [1.29, 1.82) is 0 Å². The number of methoxy groups -OCH3 is 2. The molecule has 1 aliphatic rings. The van der Waals surface area contributed by atoms with Crippen LogP contribution >= 0.6 is 23.6 Å². The molecule has 1 atom stereocenters. The van der Waals surface area contributed by atoms with Crippen molar-refractivity contribution in [2.75, 3.05) is 19.5 Å². The largest absolute Gasteiger partial charge is 0.497 e. The van der Waals surface area contributed by atoms with Gasteiger partial charge in [-0.15, -0.1) is 11.3 Å². The topological polar surface area (TPSA) is 71.6 Å². The van der Waals surface area contributed by atoms with E-state index in [1.807, 2.05) is 24.4 Å².